The Kier molecular flexibility index (Phi) is 8.19. The topological polar surface area (TPSA) is 45.0 Å². The van der Waals surface area contributed by atoms with Crippen LogP contribution in [0.4, 0.5) is 11.4 Å². The van der Waals surface area contributed by atoms with Crippen molar-refractivity contribution in [3.05, 3.63) is 53.1 Å². The van der Waals surface area contributed by atoms with Crippen LogP contribution in [0.3, 0.4) is 0 Å². The molecule has 2 aromatic carbocycles. The Morgan fingerprint density at radius 2 is 1.50 bits per heavy atom. The molecule has 7 heteroatoms. The van der Waals surface area contributed by atoms with Gasteiger partial charge in [0.15, 0.2) is 0 Å². The van der Waals surface area contributed by atoms with Crippen LogP contribution >= 0.6 is 30.2 Å². The monoisotopic (exact) mass is 364 g/mol. The third-order valence-corrected chi connectivity index (χ3v) is 2.65. The van der Waals surface area contributed by atoms with Crippen LogP contribution in [-0.2, 0) is 17.0 Å². The first kappa shape index (κ1) is 17.5. The molecule has 0 radical (unpaired) electrons. The van der Waals surface area contributed by atoms with Gasteiger partial charge in [0.1, 0.15) is 17.1 Å². The number of rotatable bonds is 2. The van der Waals surface area contributed by atoms with E-state index in [1.165, 1.54) is 0 Å². The second kappa shape index (κ2) is 9.38. The number of benzene rings is 2. The predicted molar refractivity (Wildman–Crippen MR) is 80.2 cm³/mol. The third-order valence-electron chi connectivity index (χ3n) is 2.33. The van der Waals surface area contributed by atoms with Crippen LogP contribution in [0, 0.1) is 6.92 Å². The van der Waals surface area contributed by atoms with E-state index in [1.807, 2.05) is 31.2 Å². The van der Waals surface area contributed by atoms with E-state index >= 15 is 0 Å². The van der Waals surface area contributed by atoms with Crippen LogP contribution in [0.5, 0.6) is 5.75 Å². The number of hydrogen-bond donors (Lipinski definition) is 1. The van der Waals surface area contributed by atoms with Crippen molar-refractivity contribution in [3.63, 3.8) is 0 Å². The van der Waals surface area contributed by atoms with E-state index < -0.39 is 17.0 Å². The molecule has 0 heterocycles. The molecule has 2 rings (SSSR count). The molecule has 0 bridgehead atoms. The Hall–Kier alpha value is -0.576. The molecule has 0 aromatic heterocycles. The maximum absolute atomic E-state index is 9.76. The first-order valence-corrected chi connectivity index (χ1v) is 10.2. The van der Waals surface area contributed by atoms with E-state index in [0.29, 0.717) is 16.4 Å². The summed E-state index contributed by atoms with van der Waals surface area (Å²) in [5.41, 5.74) is 1.78. The molecule has 0 aliphatic carbocycles. The van der Waals surface area contributed by atoms with Crippen LogP contribution in [0.2, 0.25) is 5.02 Å². The van der Waals surface area contributed by atoms with Crippen molar-refractivity contribution in [1.29, 1.82) is 0 Å². The minimum absolute atomic E-state index is 0.142. The summed E-state index contributed by atoms with van der Waals surface area (Å²) in [7, 11) is 9.78. The summed E-state index contributed by atoms with van der Waals surface area (Å²) < 4.78 is 0. The van der Waals surface area contributed by atoms with E-state index in [9.17, 15) is 5.11 Å². The SMILES string of the molecule is Cc1cccc(N=Nc2ccccc2Cl)c1O.[Cl][Ti][Cl]. The molecular weight excluding hydrogens is 354 g/mol. The number of nitrogens with zero attached hydrogens (tertiary/aromatic N) is 2. The molecule has 20 heavy (non-hydrogen) atoms. The summed E-state index contributed by atoms with van der Waals surface area (Å²) in [5, 5.41) is 18.3. The molecule has 0 atom stereocenters. The normalized spacial score (nSPS) is 10.0. The number of para-hydroxylation sites is 1. The second-order valence-electron chi connectivity index (χ2n) is 3.67. The van der Waals surface area contributed by atoms with Gasteiger partial charge in [-0.05, 0) is 30.7 Å². The number of aromatic hydroxyl groups is 1. The number of hydrogen-bond acceptors (Lipinski definition) is 3. The van der Waals surface area contributed by atoms with Gasteiger partial charge in [0, 0.05) is 0 Å². The van der Waals surface area contributed by atoms with Crippen LogP contribution in [0.1, 0.15) is 5.56 Å². The van der Waals surface area contributed by atoms with Gasteiger partial charge in [-0.1, -0.05) is 35.9 Å². The fourth-order valence-corrected chi connectivity index (χ4v) is 1.54. The van der Waals surface area contributed by atoms with E-state index in [1.54, 1.807) is 18.2 Å². The van der Waals surface area contributed by atoms with Crippen molar-refractivity contribution in [2.45, 2.75) is 6.92 Å². The first-order valence-electron chi connectivity index (χ1n) is 5.51. The van der Waals surface area contributed by atoms with Crippen LogP contribution < -0.4 is 0 Å². The Morgan fingerprint density at radius 1 is 0.950 bits per heavy atom. The average molecular weight is 365 g/mol. The van der Waals surface area contributed by atoms with Gasteiger partial charge >= 0.3 is 35.6 Å². The minimum atomic E-state index is -0.556. The molecule has 104 valence electrons. The van der Waals surface area contributed by atoms with Crippen molar-refractivity contribution in [3.8, 4) is 5.75 Å². The molecule has 0 fully saturated rings. The van der Waals surface area contributed by atoms with E-state index in [-0.39, 0.29) is 5.75 Å². The zero-order valence-corrected chi connectivity index (χ0v) is 14.3. The van der Waals surface area contributed by atoms with E-state index in [2.05, 4.69) is 10.2 Å². The van der Waals surface area contributed by atoms with Crippen molar-refractivity contribution in [1.82, 2.24) is 0 Å². The molecule has 0 spiro atoms. The van der Waals surface area contributed by atoms with E-state index in [0.717, 1.165) is 5.56 Å². The van der Waals surface area contributed by atoms with Gasteiger partial charge in [0.05, 0.1) is 5.02 Å². The third kappa shape index (κ3) is 5.43. The van der Waals surface area contributed by atoms with Crippen LogP contribution in [-0.4, -0.2) is 5.11 Å². The van der Waals surface area contributed by atoms with Crippen molar-refractivity contribution < 1.29 is 22.1 Å². The summed E-state index contributed by atoms with van der Waals surface area (Å²) in [5.74, 6) is 0.142. The number of phenolic OH excluding ortho intramolecular Hbond substituents is 1. The molecule has 2 aromatic rings. The van der Waals surface area contributed by atoms with Crippen LogP contribution in [0.15, 0.2) is 52.7 Å². The van der Waals surface area contributed by atoms with Gasteiger partial charge in [-0.3, -0.25) is 0 Å². The van der Waals surface area contributed by atoms with Gasteiger partial charge in [0.25, 0.3) is 0 Å². The van der Waals surface area contributed by atoms with E-state index in [4.69, 9.17) is 30.2 Å². The summed E-state index contributed by atoms with van der Waals surface area (Å²) in [6.45, 7) is 1.81. The first-order chi connectivity index (χ1) is 9.60. The fraction of sp³-hybridized carbons (Fsp3) is 0.0769. The van der Waals surface area contributed by atoms with Gasteiger partial charge in [-0.15, -0.1) is 10.2 Å². The quantitative estimate of drug-likeness (QED) is 0.504. The Bertz CT molecular complexity index is 594. The standard InChI is InChI=1S/C13H11ClN2O.2ClH.Ti/c1-9-5-4-8-12(13(9)17)16-15-11-7-3-2-6-10(11)14;;;/h2-8,17H,1H3;2*1H;/q;;;+2/p-2. The molecule has 0 aliphatic rings. The molecule has 0 unspecified atom stereocenters. The fourth-order valence-electron chi connectivity index (χ4n) is 1.36. The predicted octanol–water partition coefficient (Wildman–Crippen LogP) is 6.15. The number of phenols is 1. The zero-order valence-electron chi connectivity index (χ0n) is 10.5. The summed E-state index contributed by atoms with van der Waals surface area (Å²) in [6.07, 6.45) is 0. The number of aryl methyl sites for hydroxylation is 1. The maximum atomic E-state index is 9.76. The molecule has 0 saturated carbocycles. The van der Waals surface area contributed by atoms with Crippen LogP contribution in [0.25, 0.3) is 0 Å². The van der Waals surface area contributed by atoms with Gasteiger partial charge in [-0.2, -0.15) is 0 Å². The summed E-state index contributed by atoms with van der Waals surface area (Å²) >= 11 is 5.39. The molecule has 0 amide bonds. The van der Waals surface area contributed by atoms with Gasteiger partial charge < -0.3 is 5.11 Å². The average Bonchev–Trinajstić information content (AvgIpc) is 2.43. The van der Waals surface area contributed by atoms with Gasteiger partial charge in [-0.25, -0.2) is 0 Å². The Balaban J connectivity index is 0.000000612. The molecule has 3 nitrogen and oxygen atoms in total. The Morgan fingerprint density at radius 3 is 2.15 bits per heavy atom. The van der Waals surface area contributed by atoms with Gasteiger partial charge in [0.2, 0.25) is 0 Å². The van der Waals surface area contributed by atoms with Crippen molar-refractivity contribution in [2.24, 2.45) is 10.2 Å². The molecule has 0 aliphatic heterocycles. The Labute approximate surface area is 139 Å². The zero-order chi connectivity index (χ0) is 15.0. The molecule has 1 N–H and O–H groups in total. The summed E-state index contributed by atoms with van der Waals surface area (Å²) in [6, 6.07) is 12.5. The molecular formula is C13H11Cl3N2OTi. The summed E-state index contributed by atoms with van der Waals surface area (Å²) in [4.78, 5) is 0. The molecule has 0 saturated heterocycles. The van der Waals surface area contributed by atoms with Crippen molar-refractivity contribution in [2.75, 3.05) is 0 Å². The number of halogens is 3. The van der Waals surface area contributed by atoms with Crippen molar-refractivity contribution >= 4 is 41.6 Å². The second-order valence-corrected chi connectivity index (χ2v) is 6.65. The number of azo groups is 1.